The van der Waals surface area contributed by atoms with Gasteiger partial charge in [0.1, 0.15) is 6.04 Å². The fourth-order valence-corrected chi connectivity index (χ4v) is 4.96. The summed E-state index contributed by atoms with van der Waals surface area (Å²) in [4.78, 5) is 41.0. The van der Waals surface area contributed by atoms with Crippen LogP contribution in [0.4, 0.5) is 0 Å². The van der Waals surface area contributed by atoms with Crippen molar-refractivity contribution in [1.29, 1.82) is 0 Å². The maximum Gasteiger partial charge on any atom is 0.255 e. The molecule has 0 aromatic heterocycles. The second-order valence-corrected chi connectivity index (χ2v) is 8.44. The summed E-state index contributed by atoms with van der Waals surface area (Å²) in [6, 6.07) is 16.0. The van der Waals surface area contributed by atoms with Crippen molar-refractivity contribution in [3.63, 3.8) is 0 Å². The molecule has 0 radical (unpaired) electrons. The highest BCUT2D eigenvalue weighted by molar-refractivity contribution is 6.05. The highest BCUT2D eigenvalue weighted by Gasteiger charge is 2.40. The Labute approximate surface area is 181 Å². The number of hydrogen-bond acceptors (Lipinski definition) is 5. The highest BCUT2D eigenvalue weighted by Crippen LogP contribution is 2.32. The van der Waals surface area contributed by atoms with Crippen molar-refractivity contribution in [3.8, 4) is 0 Å². The molecule has 2 saturated heterocycles. The number of hydrogen-bond donors (Lipinski definition) is 2. The Morgan fingerprint density at radius 3 is 2.61 bits per heavy atom. The molecule has 5 rings (SSSR count). The molecule has 160 valence electrons. The van der Waals surface area contributed by atoms with Crippen LogP contribution in [0.2, 0.25) is 0 Å². The fourth-order valence-electron chi connectivity index (χ4n) is 4.96. The number of benzene rings is 2. The van der Waals surface area contributed by atoms with Crippen molar-refractivity contribution in [1.82, 2.24) is 20.4 Å². The number of piperazine rings is 1. The standard InChI is InChI=1S/C24H26N4O3/c29-22-10-9-20(23(30)26-22)28-15-19-17(7-4-8-18(19)24(28)31)14-27-12-11-25-13-21(27)16-5-2-1-3-6-16/h1-8,20-21,25H,9-15H2,(H,26,29,30). The predicted octanol–water partition coefficient (Wildman–Crippen LogP) is 1.59. The largest absolute Gasteiger partial charge is 0.322 e. The van der Waals surface area contributed by atoms with E-state index >= 15 is 0 Å². The van der Waals surface area contributed by atoms with Crippen molar-refractivity contribution >= 4 is 17.7 Å². The van der Waals surface area contributed by atoms with Gasteiger partial charge in [0, 0.05) is 50.7 Å². The molecule has 2 N–H and O–H groups in total. The van der Waals surface area contributed by atoms with E-state index in [-0.39, 0.29) is 30.2 Å². The molecule has 2 aromatic rings. The van der Waals surface area contributed by atoms with Gasteiger partial charge in [-0.05, 0) is 29.2 Å². The van der Waals surface area contributed by atoms with Gasteiger partial charge in [-0.3, -0.25) is 24.6 Å². The third-order valence-electron chi connectivity index (χ3n) is 6.59. The molecule has 0 saturated carbocycles. The molecule has 2 atom stereocenters. The second-order valence-electron chi connectivity index (χ2n) is 8.44. The van der Waals surface area contributed by atoms with Crippen LogP contribution in [-0.4, -0.2) is 53.2 Å². The zero-order chi connectivity index (χ0) is 21.4. The summed E-state index contributed by atoms with van der Waals surface area (Å²) in [5, 5.41) is 5.86. The van der Waals surface area contributed by atoms with Crippen molar-refractivity contribution < 1.29 is 14.4 Å². The second kappa shape index (κ2) is 8.24. The summed E-state index contributed by atoms with van der Waals surface area (Å²) in [5.74, 6) is -0.756. The molecule has 2 aromatic carbocycles. The monoisotopic (exact) mass is 418 g/mol. The van der Waals surface area contributed by atoms with E-state index in [1.165, 1.54) is 5.56 Å². The Morgan fingerprint density at radius 1 is 0.968 bits per heavy atom. The molecule has 3 aliphatic rings. The van der Waals surface area contributed by atoms with Crippen LogP contribution in [0, 0.1) is 0 Å². The summed E-state index contributed by atoms with van der Waals surface area (Å²) in [5.41, 5.74) is 4.09. The molecule has 3 heterocycles. The highest BCUT2D eigenvalue weighted by atomic mass is 16.2. The maximum absolute atomic E-state index is 13.1. The Balaban J connectivity index is 1.39. The lowest BCUT2D eigenvalue weighted by atomic mass is 9.99. The SMILES string of the molecule is O=C1CCC(N2Cc3c(CN4CCNCC4c4ccccc4)cccc3C2=O)C(=O)N1. The predicted molar refractivity (Wildman–Crippen MR) is 115 cm³/mol. The van der Waals surface area contributed by atoms with E-state index in [0.717, 1.165) is 37.3 Å². The van der Waals surface area contributed by atoms with Gasteiger partial charge in [-0.1, -0.05) is 42.5 Å². The van der Waals surface area contributed by atoms with E-state index in [4.69, 9.17) is 0 Å². The van der Waals surface area contributed by atoms with Crippen LogP contribution in [0.25, 0.3) is 0 Å². The van der Waals surface area contributed by atoms with Gasteiger partial charge in [-0.15, -0.1) is 0 Å². The van der Waals surface area contributed by atoms with Gasteiger partial charge >= 0.3 is 0 Å². The first kappa shape index (κ1) is 19.9. The first-order chi connectivity index (χ1) is 15.1. The van der Waals surface area contributed by atoms with Gasteiger partial charge in [-0.25, -0.2) is 0 Å². The Morgan fingerprint density at radius 2 is 1.81 bits per heavy atom. The summed E-state index contributed by atoms with van der Waals surface area (Å²) in [6.45, 7) is 3.91. The van der Waals surface area contributed by atoms with E-state index in [1.54, 1.807) is 4.90 Å². The lowest BCUT2D eigenvalue weighted by Gasteiger charge is -2.37. The molecule has 3 amide bonds. The molecule has 2 unspecified atom stereocenters. The number of imide groups is 1. The molecule has 2 fully saturated rings. The molecule has 31 heavy (non-hydrogen) atoms. The van der Waals surface area contributed by atoms with Crippen LogP contribution in [0.1, 0.15) is 45.9 Å². The minimum Gasteiger partial charge on any atom is -0.322 e. The van der Waals surface area contributed by atoms with Gasteiger partial charge < -0.3 is 10.2 Å². The van der Waals surface area contributed by atoms with E-state index in [2.05, 4.69) is 45.9 Å². The molecule has 0 spiro atoms. The van der Waals surface area contributed by atoms with E-state index in [9.17, 15) is 14.4 Å². The number of nitrogens with one attached hydrogen (secondary N) is 2. The Kier molecular flexibility index (Phi) is 5.29. The number of carbonyl (C=O) groups is 3. The molecule has 3 aliphatic heterocycles. The smallest absolute Gasteiger partial charge is 0.255 e. The third-order valence-corrected chi connectivity index (χ3v) is 6.59. The number of fused-ring (bicyclic) bond motifs is 1. The summed E-state index contributed by atoms with van der Waals surface area (Å²) in [7, 11) is 0. The quantitative estimate of drug-likeness (QED) is 0.737. The van der Waals surface area contributed by atoms with Gasteiger partial charge in [0.25, 0.3) is 5.91 Å². The first-order valence-electron chi connectivity index (χ1n) is 10.9. The van der Waals surface area contributed by atoms with Crippen molar-refractivity contribution in [2.24, 2.45) is 0 Å². The van der Waals surface area contributed by atoms with E-state index in [0.29, 0.717) is 18.5 Å². The van der Waals surface area contributed by atoms with Gasteiger partial charge in [0.05, 0.1) is 0 Å². The Bertz CT molecular complexity index is 1020. The summed E-state index contributed by atoms with van der Waals surface area (Å²) in [6.07, 6.45) is 0.649. The number of rotatable bonds is 4. The molecule has 0 bridgehead atoms. The van der Waals surface area contributed by atoms with Gasteiger partial charge in [-0.2, -0.15) is 0 Å². The average molecular weight is 418 g/mol. The number of carbonyl (C=O) groups excluding carboxylic acids is 3. The third kappa shape index (κ3) is 3.75. The molecular formula is C24H26N4O3. The zero-order valence-corrected chi connectivity index (χ0v) is 17.3. The maximum atomic E-state index is 13.1. The fraction of sp³-hybridized carbons (Fsp3) is 0.375. The zero-order valence-electron chi connectivity index (χ0n) is 17.3. The minimum absolute atomic E-state index is 0.119. The first-order valence-corrected chi connectivity index (χ1v) is 10.9. The van der Waals surface area contributed by atoms with Gasteiger partial charge in [0.15, 0.2) is 0 Å². The van der Waals surface area contributed by atoms with Gasteiger partial charge in [0.2, 0.25) is 11.8 Å². The van der Waals surface area contributed by atoms with Crippen molar-refractivity contribution in [2.45, 2.75) is 38.0 Å². The number of amides is 3. The van der Waals surface area contributed by atoms with Crippen LogP contribution in [-0.2, 0) is 22.7 Å². The lowest BCUT2D eigenvalue weighted by Crippen LogP contribution is -2.52. The molecule has 0 aliphatic carbocycles. The summed E-state index contributed by atoms with van der Waals surface area (Å²) < 4.78 is 0. The normalized spacial score (nSPS) is 24.3. The lowest BCUT2D eigenvalue weighted by molar-refractivity contribution is -0.136. The number of nitrogens with zero attached hydrogens (tertiary/aromatic N) is 2. The minimum atomic E-state index is -0.582. The van der Waals surface area contributed by atoms with Crippen LogP contribution in [0.5, 0.6) is 0 Å². The van der Waals surface area contributed by atoms with Crippen LogP contribution < -0.4 is 10.6 Å². The number of piperidine rings is 1. The van der Waals surface area contributed by atoms with Crippen molar-refractivity contribution in [3.05, 3.63) is 70.8 Å². The van der Waals surface area contributed by atoms with Crippen LogP contribution in [0.3, 0.4) is 0 Å². The topological polar surface area (TPSA) is 81.8 Å². The average Bonchev–Trinajstić information content (AvgIpc) is 3.12. The molecule has 7 nitrogen and oxygen atoms in total. The van der Waals surface area contributed by atoms with Crippen molar-refractivity contribution in [2.75, 3.05) is 19.6 Å². The summed E-state index contributed by atoms with van der Waals surface area (Å²) >= 11 is 0. The molecular weight excluding hydrogens is 392 g/mol. The van der Waals surface area contributed by atoms with Crippen LogP contribution >= 0.6 is 0 Å². The Hall–Kier alpha value is -3.03. The van der Waals surface area contributed by atoms with E-state index in [1.807, 2.05) is 18.2 Å². The molecule has 7 heteroatoms. The van der Waals surface area contributed by atoms with Crippen LogP contribution in [0.15, 0.2) is 48.5 Å². The van der Waals surface area contributed by atoms with E-state index < -0.39 is 6.04 Å².